The molecule has 1 aromatic rings. The SMILES string of the molecule is CC.CC.Cc1ccc(CNC(CO)CO)cc1C. The van der Waals surface area contributed by atoms with Crippen LogP contribution in [0.5, 0.6) is 0 Å². The molecular formula is C16H31NO2. The van der Waals surface area contributed by atoms with E-state index >= 15 is 0 Å². The van der Waals surface area contributed by atoms with Gasteiger partial charge in [-0.25, -0.2) is 0 Å². The average Bonchev–Trinajstić information content (AvgIpc) is 2.48. The molecule has 0 fully saturated rings. The molecule has 3 N–H and O–H groups in total. The number of hydrogen-bond acceptors (Lipinski definition) is 3. The van der Waals surface area contributed by atoms with E-state index in [1.807, 2.05) is 27.7 Å². The van der Waals surface area contributed by atoms with Crippen LogP contribution in [0.4, 0.5) is 0 Å². The number of benzene rings is 1. The highest BCUT2D eigenvalue weighted by Crippen LogP contribution is 2.09. The zero-order valence-corrected chi connectivity index (χ0v) is 13.3. The molecule has 0 spiro atoms. The summed E-state index contributed by atoms with van der Waals surface area (Å²) < 4.78 is 0. The van der Waals surface area contributed by atoms with Gasteiger partial charge in [-0.3, -0.25) is 0 Å². The maximum atomic E-state index is 8.88. The molecule has 0 aliphatic carbocycles. The van der Waals surface area contributed by atoms with E-state index in [-0.39, 0.29) is 19.3 Å². The van der Waals surface area contributed by atoms with E-state index in [0.29, 0.717) is 6.54 Å². The summed E-state index contributed by atoms with van der Waals surface area (Å²) in [6.07, 6.45) is 0. The fourth-order valence-electron chi connectivity index (χ4n) is 1.36. The Labute approximate surface area is 118 Å². The Balaban J connectivity index is 0. The lowest BCUT2D eigenvalue weighted by molar-refractivity contribution is 0.170. The highest BCUT2D eigenvalue weighted by Gasteiger charge is 2.04. The van der Waals surface area contributed by atoms with Gasteiger partial charge >= 0.3 is 0 Å². The van der Waals surface area contributed by atoms with Crippen molar-refractivity contribution < 1.29 is 10.2 Å². The summed E-state index contributed by atoms with van der Waals surface area (Å²) >= 11 is 0. The summed E-state index contributed by atoms with van der Waals surface area (Å²) in [6.45, 7) is 12.8. The summed E-state index contributed by atoms with van der Waals surface area (Å²) in [7, 11) is 0. The lowest BCUT2D eigenvalue weighted by Gasteiger charge is -2.13. The van der Waals surface area contributed by atoms with Gasteiger partial charge in [-0.1, -0.05) is 45.9 Å². The van der Waals surface area contributed by atoms with Crippen LogP contribution in [0.3, 0.4) is 0 Å². The quantitative estimate of drug-likeness (QED) is 0.770. The minimum absolute atomic E-state index is 0.0403. The summed E-state index contributed by atoms with van der Waals surface area (Å²) in [6, 6.07) is 6.03. The van der Waals surface area contributed by atoms with Crippen molar-refractivity contribution in [3.63, 3.8) is 0 Å². The number of aryl methyl sites for hydroxylation is 2. The van der Waals surface area contributed by atoms with E-state index in [1.165, 1.54) is 16.7 Å². The fourth-order valence-corrected chi connectivity index (χ4v) is 1.36. The zero-order chi connectivity index (χ0) is 15.3. The number of aliphatic hydroxyl groups excluding tert-OH is 2. The number of hydrogen-bond donors (Lipinski definition) is 3. The molecule has 1 aromatic carbocycles. The Bertz CT molecular complexity index is 310. The average molecular weight is 269 g/mol. The van der Waals surface area contributed by atoms with E-state index in [4.69, 9.17) is 10.2 Å². The normalized spacial score (nSPS) is 9.32. The third-order valence-electron chi connectivity index (χ3n) is 2.61. The Kier molecular flexibility index (Phi) is 14.5. The molecule has 0 saturated heterocycles. The van der Waals surface area contributed by atoms with Crippen molar-refractivity contribution in [3.8, 4) is 0 Å². The van der Waals surface area contributed by atoms with Gasteiger partial charge in [0.15, 0.2) is 0 Å². The Morgan fingerprint density at radius 1 is 0.947 bits per heavy atom. The highest BCUT2D eigenvalue weighted by atomic mass is 16.3. The van der Waals surface area contributed by atoms with Gasteiger partial charge in [0.1, 0.15) is 0 Å². The van der Waals surface area contributed by atoms with Gasteiger partial charge in [0.25, 0.3) is 0 Å². The molecule has 112 valence electrons. The van der Waals surface area contributed by atoms with Crippen LogP contribution >= 0.6 is 0 Å². The Morgan fingerprint density at radius 3 is 1.89 bits per heavy atom. The van der Waals surface area contributed by atoms with Crippen LogP contribution < -0.4 is 5.32 Å². The molecular weight excluding hydrogens is 238 g/mol. The molecule has 0 aliphatic rings. The van der Waals surface area contributed by atoms with Gasteiger partial charge in [-0.05, 0) is 30.5 Å². The molecule has 3 heteroatoms. The molecule has 3 nitrogen and oxygen atoms in total. The fraction of sp³-hybridized carbons (Fsp3) is 0.625. The topological polar surface area (TPSA) is 52.5 Å². The van der Waals surface area contributed by atoms with Crippen molar-refractivity contribution in [2.75, 3.05) is 13.2 Å². The third-order valence-corrected chi connectivity index (χ3v) is 2.61. The summed E-state index contributed by atoms with van der Waals surface area (Å²) in [4.78, 5) is 0. The molecule has 0 radical (unpaired) electrons. The predicted molar refractivity (Wildman–Crippen MR) is 83.4 cm³/mol. The lowest BCUT2D eigenvalue weighted by Crippen LogP contribution is -2.35. The van der Waals surface area contributed by atoms with Gasteiger partial charge in [0, 0.05) is 6.54 Å². The van der Waals surface area contributed by atoms with Crippen LogP contribution in [-0.4, -0.2) is 29.5 Å². The molecule has 1 rings (SSSR count). The van der Waals surface area contributed by atoms with Gasteiger partial charge in [0.05, 0.1) is 19.3 Å². The summed E-state index contributed by atoms with van der Waals surface area (Å²) in [5.74, 6) is 0. The molecule has 19 heavy (non-hydrogen) atoms. The van der Waals surface area contributed by atoms with Crippen molar-refractivity contribution in [3.05, 3.63) is 34.9 Å². The van der Waals surface area contributed by atoms with Gasteiger partial charge in [-0.15, -0.1) is 0 Å². The maximum Gasteiger partial charge on any atom is 0.0607 e. The molecule has 0 atom stereocenters. The third kappa shape index (κ3) is 8.76. The van der Waals surface area contributed by atoms with Crippen molar-refractivity contribution in [1.82, 2.24) is 5.32 Å². The van der Waals surface area contributed by atoms with Crippen LogP contribution in [-0.2, 0) is 6.54 Å². The van der Waals surface area contributed by atoms with Crippen molar-refractivity contribution in [2.24, 2.45) is 0 Å². The van der Waals surface area contributed by atoms with Gasteiger partial charge < -0.3 is 15.5 Å². The summed E-state index contributed by atoms with van der Waals surface area (Å²) in [5, 5.41) is 20.8. The van der Waals surface area contributed by atoms with E-state index < -0.39 is 0 Å². The number of aliphatic hydroxyl groups is 2. The standard InChI is InChI=1S/C12H19NO2.2C2H6/c1-9-3-4-11(5-10(9)2)6-13-12(7-14)8-15;2*1-2/h3-5,12-15H,6-8H2,1-2H3;2*1-2H3. The van der Waals surface area contributed by atoms with Crippen LogP contribution in [0.2, 0.25) is 0 Å². The molecule has 0 heterocycles. The van der Waals surface area contributed by atoms with Crippen molar-refractivity contribution >= 4 is 0 Å². The first-order chi connectivity index (χ1) is 9.17. The first kappa shape index (κ1) is 20.4. The Morgan fingerprint density at radius 2 is 1.47 bits per heavy atom. The van der Waals surface area contributed by atoms with Crippen LogP contribution in [0.1, 0.15) is 44.4 Å². The van der Waals surface area contributed by atoms with Crippen molar-refractivity contribution in [2.45, 2.75) is 54.1 Å². The number of rotatable bonds is 5. The molecule has 0 unspecified atom stereocenters. The van der Waals surface area contributed by atoms with E-state index in [2.05, 4.69) is 37.4 Å². The monoisotopic (exact) mass is 269 g/mol. The predicted octanol–water partition coefficient (Wildman–Crippen LogP) is 2.80. The molecule has 0 saturated carbocycles. The first-order valence-electron chi connectivity index (χ1n) is 7.18. The van der Waals surface area contributed by atoms with E-state index in [0.717, 1.165) is 0 Å². The number of nitrogens with one attached hydrogen (secondary N) is 1. The largest absolute Gasteiger partial charge is 0.395 e. The minimum Gasteiger partial charge on any atom is -0.395 e. The van der Waals surface area contributed by atoms with Crippen molar-refractivity contribution in [1.29, 1.82) is 0 Å². The second-order valence-corrected chi connectivity index (χ2v) is 3.86. The molecule has 0 aliphatic heterocycles. The molecule has 0 aromatic heterocycles. The first-order valence-corrected chi connectivity index (χ1v) is 7.18. The Hall–Kier alpha value is -0.900. The van der Waals surface area contributed by atoms with Crippen LogP contribution in [0, 0.1) is 13.8 Å². The summed E-state index contributed by atoms with van der Waals surface area (Å²) in [5.41, 5.74) is 3.71. The minimum atomic E-state index is -0.230. The van der Waals surface area contributed by atoms with Gasteiger partial charge in [0.2, 0.25) is 0 Å². The van der Waals surface area contributed by atoms with Crippen LogP contribution in [0.25, 0.3) is 0 Å². The molecule has 0 amide bonds. The van der Waals surface area contributed by atoms with Gasteiger partial charge in [-0.2, -0.15) is 0 Å². The second kappa shape index (κ2) is 13.5. The maximum absolute atomic E-state index is 8.88. The smallest absolute Gasteiger partial charge is 0.0607 e. The second-order valence-electron chi connectivity index (χ2n) is 3.86. The molecule has 0 bridgehead atoms. The van der Waals surface area contributed by atoms with E-state index in [9.17, 15) is 0 Å². The zero-order valence-electron chi connectivity index (χ0n) is 13.3. The van der Waals surface area contributed by atoms with E-state index in [1.54, 1.807) is 0 Å². The highest BCUT2D eigenvalue weighted by molar-refractivity contribution is 5.29. The lowest BCUT2D eigenvalue weighted by atomic mass is 10.1. The van der Waals surface area contributed by atoms with Crippen LogP contribution in [0.15, 0.2) is 18.2 Å².